The number of nitrogens with zero attached hydrogens (tertiary/aromatic N) is 2. The molecule has 4 heteroatoms. The normalized spacial score (nSPS) is 15.6. The van der Waals surface area contributed by atoms with E-state index in [2.05, 4.69) is 16.8 Å². The Morgan fingerprint density at radius 3 is 3.00 bits per heavy atom. The topological polar surface area (TPSA) is 49.0 Å². The molecular formula is C16H19N3O. The van der Waals surface area contributed by atoms with Crippen molar-refractivity contribution in [2.45, 2.75) is 31.7 Å². The molecule has 20 heavy (non-hydrogen) atoms. The Labute approximate surface area is 118 Å². The summed E-state index contributed by atoms with van der Waals surface area (Å²) in [5, 5.41) is 7.93. The Morgan fingerprint density at radius 1 is 1.45 bits per heavy atom. The number of aromatic amines is 1. The molecule has 1 aliphatic rings. The number of fused-ring (bicyclic) bond motifs is 1. The van der Waals surface area contributed by atoms with Gasteiger partial charge in [0.2, 0.25) is 0 Å². The van der Waals surface area contributed by atoms with Crippen molar-refractivity contribution in [1.82, 2.24) is 15.1 Å². The van der Waals surface area contributed by atoms with Gasteiger partial charge in [-0.25, -0.2) is 0 Å². The largest absolute Gasteiger partial charge is 0.332 e. The number of carbonyl (C=O) groups excluding carboxylic acids is 1. The van der Waals surface area contributed by atoms with E-state index in [0.717, 1.165) is 29.3 Å². The first kappa shape index (κ1) is 12.9. The number of rotatable bonds is 4. The van der Waals surface area contributed by atoms with Crippen LogP contribution in [0.15, 0.2) is 37.1 Å². The molecule has 1 aromatic heterocycles. The highest BCUT2D eigenvalue weighted by atomic mass is 16.2. The lowest BCUT2D eigenvalue weighted by Crippen LogP contribution is -2.38. The van der Waals surface area contributed by atoms with Crippen LogP contribution in [0.1, 0.15) is 36.0 Å². The second kappa shape index (κ2) is 5.49. The van der Waals surface area contributed by atoms with Gasteiger partial charge in [-0.05, 0) is 25.0 Å². The van der Waals surface area contributed by atoms with Gasteiger partial charge >= 0.3 is 0 Å². The molecule has 3 rings (SSSR count). The van der Waals surface area contributed by atoms with Crippen molar-refractivity contribution < 1.29 is 4.79 Å². The summed E-state index contributed by atoms with van der Waals surface area (Å²) in [6, 6.07) is 6.06. The molecule has 1 fully saturated rings. The van der Waals surface area contributed by atoms with Gasteiger partial charge in [0.25, 0.3) is 5.91 Å². The van der Waals surface area contributed by atoms with E-state index in [0.29, 0.717) is 12.6 Å². The molecule has 0 aliphatic heterocycles. The van der Waals surface area contributed by atoms with Crippen LogP contribution in [0.2, 0.25) is 0 Å². The van der Waals surface area contributed by atoms with Gasteiger partial charge in [-0.3, -0.25) is 9.89 Å². The van der Waals surface area contributed by atoms with Gasteiger partial charge in [0.15, 0.2) is 0 Å². The van der Waals surface area contributed by atoms with Crippen LogP contribution in [-0.2, 0) is 0 Å². The predicted molar refractivity (Wildman–Crippen MR) is 79.6 cm³/mol. The lowest BCUT2D eigenvalue weighted by Gasteiger charge is -2.28. The molecule has 0 unspecified atom stereocenters. The molecule has 0 radical (unpaired) electrons. The molecule has 4 nitrogen and oxygen atoms in total. The molecule has 104 valence electrons. The molecule has 1 saturated carbocycles. The van der Waals surface area contributed by atoms with Crippen LogP contribution in [0, 0.1) is 0 Å². The fourth-order valence-electron chi connectivity index (χ4n) is 2.99. The molecule has 0 bridgehead atoms. The van der Waals surface area contributed by atoms with Crippen LogP contribution in [-0.4, -0.2) is 33.6 Å². The van der Waals surface area contributed by atoms with E-state index in [9.17, 15) is 4.79 Å². The summed E-state index contributed by atoms with van der Waals surface area (Å²) in [5.74, 6) is 0.0910. The SMILES string of the molecule is C=CCN(C(=O)c1ccc2cn[nH]c2c1)C1CCCC1. The maximum absolute atomic E-state index is 12.7. The fraction of sp³-hybridized carbons (Fsp3) is 0.375. The summed E-state index contributed by atoms with van der Waals surface area (Å²) in [6.07, 6.45) is 8.21. The lowest BCUT2D eigenvalue weighted by atomic mass is 10.1. The molecule has 0 saturated heterocycles. The third kappa shape index (κ3) is 2.33. The first-order valence-corrected chi connectivity index (χ1v) is 7.14. The number of hydrogen-bond acceptors (Lipinski definition) is 2. The Morgan fingerprint density at radius 2 is 2.25 bits per heavy atom. The summed E-state index contributed by atoms with van der Waals surface area (Å²) < 4.78 is 0. The maximum Gasteiger partial charge on any atom is 0.254 e. The van der Waals surface area contributed by atoms with Crippen molar-refractivity contribution in [2.75, 3.05) is 6.54 Å². The first-order valence-electron chi connectivity index (χ1n) is 7.14. The second-order valence-corrected chi connectivity index (χ2v) is 5.36. The minimum absolute atomic E-state index is 0.0910. The molecule has 1 aromatic carbocycles. The van der Waals surface area contributed by atoms with Gasteiger partial charge in [-0.1, -0.05) is 25.0 Å². The molecule has 2 aromatic rings. The highest BCUT2D eigenvalue weighted by Gasteiger charge is 2.26. The highest BCUT2D eigenvalue weighted by molar-refractivity contribution is 5.98. The van der Waals surface area contributed by atoms with E-state index in [1.807, 2.05) is 29.2 Å². The van der Waals surface area contributed by atoms with Gasteiger partial charge < -0.3 is 4.90 Å². The zero-order valence-electron chi connectivity index (χ0n) is 11.5. The lowest BCUT2D eigenvalue weighted by molar-refractivity contribution is 0.0706. The minimum Gasteiger partial charge on any atom is -0.332 e. The Hall–Kier alpha value is -2.10. The van der Waals surface area contributed by atoms with Crippen LogP contribution in [0.5, 0.6) is 0 Å². The number of aromatic nitrogens is 2. The van der Waals surface area contributed by atoms with E-state index in [-0.39, 0.29) is 5.91 Å². The Balaban J connectivity index is 1.88. The van der Waals surface area contributed by atoms with Gasteiger partial charge in [0.1, 0.15) is 0 Å². The standard InChI is InChI=1S/C16H19N3O/c1-2-9-19(14-5-3-4-6-14)16(20)12-7-8-13-11-17-18-15(13)10-12/h2,7-8,10-11,14H,1,3-6,9H2,(H,17,18). The van der Waals surface area contributed by atoms with Crippen molar-refractivity contribution in [3.63, 3.8) is 0 Å². The number of amides is 1. The van der Waals surface area contributed by atoms with Crippen LogP contribution < -0.4 is 0 Å². The Bertz CT molecular complexity index is 625. The average molecular weight is 269 g/mol. The molecule has 0 spiro atoms. The Kier molecular flexibility index (Phi) is 3.54. The zero-order chi connectivity index (χ0) is 13.9. The first-order chi connectivity index (χ1) is 9.79. The maximum atomic E-state index is 12.7. The third-order valence-electron chi connectivity index (χ3n) is 4.04. The van der Waals surface area contributed by atoms with E-state index in [1.54, 1.807) is 6.20 Å². The van der Waals surface area contributed by atoms with E-state index >= 15 is 0 Å². The second-order valence-electron chi connectivity index (χ2n) is 5.36. The quantitative estimate of drug-likeness (QED) is 0.867. The number of benzene rings is 1. The van der Waals surface area contributed by atoms with Crippen LogP contribution >= 0.6 is 0 Å². The van der Waals surface area contributed by atoms with Crippen LogP contribution in [0.3, 0.4) is 0 Å². The van der Waals surface area contributed by atoms with E-state index < -0.39 is 0 Å². The molecule has 0 atom stereocenters. The van der Waals surface area contributed by atoms with E-state index in [1.165, 1.54) is 12.8 Å². The molecular weight excluding hydrogens is 250 g/mol. The number of hydrogen-bond donors (Lipinski definition) is 1. The molecule has 1 aliphatic carbocycles. The van der Waals surface area contributed by atoms with Gasteiger partial charge in [0.05, 0.1) is 11.7 Å². The smallest absolute Gasteiger partial charge is 0.254 e. The summed E-state index contributed by atoms with van der Waals surface area (Å²) in [7, 11) is 0. The van der Waals surface area contributed by atoms with Crippen molar-refractivity contribution >= 4 is 16.8 Å². The number of H-pyrrole nitrogens is 1. The average Bonchev–Trinajstić information content (AvgIpc) is 3.13. The van der Waals surface area contributed by atoms with Crippen molar-refractivity contribution in [2.24, 2.45) is 0 Å². The highest BCUT2D eigenvalue weighted by Crippen LogP contribution is 2.25. The fourth-order valence-corrected chi connectivity index (χ4v) is 2.99. The third-order valence-corrected chi connectivity index (χ3v) is 4.04. The van der Waals surface area contributed by atoms with E-state index in [4.69, 9.17) is 0 Å². The van der Waals surface area contributed by atoms with Crippen LogP contribution in [0.25, 0.3) is 10.9 Å². The predicted octanol–water partition coefficient (Wildman–Crippen LogP) is 3.13. The summed E-state index contributed by atoms with van der Waals surface area (Å²) in [6.45, 7) is 4.40. The van der Waals surface area contributed by atoms with Gasteiger partial charge in [0, 0.05) is 23.5 Å². The summed E-state index contributed by atoms with van der Waals surface area (Å²) >= 11 is 0. The molecule has 1 heterocycles. The minimum atomic E-state index is 0.0910. The molecule has 1 N–H and O–H groups in total. The number of carbonyl (C=O) groups is 1. The van der Waals surface area contributed by atoms with Gasteiger partial charge in [-0.2, -0.15) is 5.10 Å². The van der Waals surface area contributed by atoms with Crippen molar-refractivity contribution in [3.05, 3.63) is 42.6 Å². The zero-order valence-corrected chi connectivity index (χ0v) is 11.5. The summed E-state index contributed by atoms with van der Waals surface area (Å²) in [5.41, 5.74) is 1.62. The van der Waals surface area contributed by atoms with Crippen LogP contribution in [0.4, 0.5) is 0 Å². The van der Waals surface area contributed by atoms with Crippen molar-refractivity contribution in [1.29, 1.82) is 0 Å². The molecule has 1 amide bonds. The van der Waals surface area contributed by atoms with Crippen molar-refractivity contribution in [3.8, 4) is 0 Å². The number of nitrogens with one attached hydrogen (secondary N) is 1. The monoisotopic (exact) mass is 269 g/mol. The summed E-state index contributed by atoms with van der Waals surface area (Å²) in [4.78, 5) is 14.7. The van der Waals surface area contributed by atoms with Gasteiger partial charge in [-0.15, -0.1) is 6.58 Å².